The van der Waals surface area contributed by atoms with Crippen molar-refractivity contribution in [2.24, 2.45) is 10.8 Å². The van der Waals surface area contributed by atoms with E-state index >= 15 is 0 Å². The van der Waals surface area contributed by atoms with E-state index in [9.17, 15) is 28.8 Å². The molecule has 0 bridgehead atoms. The first-order valence-corrected chi connectivity index (χ1v) is 20.4. The van der Waals surface area contributed by atoms with Crippen molar-refractivity contribution in [3.05, 3.63) is 0 Å². The van der Waals surface area contributed by atoms with E-state index in [1.165, 1.54) is 0 Å². The molecular formula is C40H74N8O6. The average Bonchev–Trinajstić information content (AvgIpc) is 3.79. The van der Waals surface area contributed by atoms with Gasteiger partial charge in [-0.1, -0.05) is 67.2 Å². The predicted molar refractivity (Wildman–Crippen MR) is 212 cm³/mol. The average molecular weight is 763 g/mol. The van der Waals surface area contributed by atoms with Crippen LogP contribution in [0, 0.1) is 10.8 Å². The Morgan fingerprint density at radius 3 is 1.22 bits per heavy atom. The number of carbonyl (C=O) groups excluding carboxylic acids is 6. The smallest absolute Gasteiger partial charge is 0.246 e. The molecule has 6 N–H and O–H groups in total. The van der Waals surface area contributed by atoms with Gasteiger partial charge in [0.25, 0.3) is 0 Å². The van der Waals surface area contributed by atoms with E-state index in [-0.39, 0.29) is 47.5 Å². The Hall–Kier alpha value is -3.26. The summed E-state index contributed by atoms with van der Waals surface area (Å²) in [5.41, 5.74) is -0.929. The van der Waals surface area contributed by atoms with Crippen molar-refractivity contribution in [1.82, 2.24) is 41.7 Å². The van der Waals surface area contributed by atoms with Crippen LogP contribution in [0.1, 0.15) is 132 Å². The monoisotopic (exact) mass is 763 g/mol. The number of amides is 6. The molecule has 2 heterocycles. The Morgan fingerprint density at radius 1 is 0.574 bits per heavy atom. The van der Waals surface area contributed by atoms with Crippen molar-refractivity contribution < 1.29 is 28.8 Å². The third-order valence-electron chi connectivity index (χ3n) is 10.9. The van der Waals surface area contributed by atoms with Gasteiger partial charge in [-0.05, 0) is 77.3 Å². The molecule has 54 heavy (non-hydrogen) atoms. The van der Waals surface area contributed by atoms with E-state index in [1.807, 2.05) is 51.3 Å². The lowest BCUT2D eigenvalue weighted by atomic mass is 9.85. The molecule has 0 radical (unpaired) electrons. The number of hydrogen-bond donors (Lipinski definition) is 6. The quantitative estimate of drug-likeness (QED) is 0.0966. The van der Waals surface area contributed by atoms with Gasteiger partial charge in [-0.3, -0.25) is 28.8 Å². The number of likely N-dealkylation sites (N-methyl/N-ethyl adjacent to an activating group) is 2. The maximum absolute atomic E-state index is 13.6. The molecule has 6 amide bonds. The zero-order valence-corrected chi connectivity index (χ0v) is 35.1. The van der Waals surface area contributed by atoms with Gasteiger partial charge in [-0.2, -0.15) is 0 Å². The fourth-order valence-corrected chi connectivity index (χ4v) is 7.02. The minimum absolute atomic E-state index is 0.0147. The zero-order chi connectivity index (χ0) is 40.6. The summed E-state index contributed by atoms with van der Waals surface area (Å²) < 4.78 is 0. The van der Waals surface area contributed by atoms with Crippen molar-refractivity contribution in [3.8, 4) is 0 Å². The standard InChI is InChI=1S/C40H74N8O6/c1-27(41-9)35(51)45-33(39(3,4)5)37(53)47-23-17-19-29(47)25-43-31(49)21-15-13-11-12-14-16-22-32(50)44-26-30-20-18-24-48(30)38(54)34(40(6,7)8)46-36(52)28(2)42-10/h27-30,33-34,41-42H,11-26H2,1-10H3,(H,43,49)(H,44,50)(H,45,51)(H,46,52)/t27-,28-,29-,30-,33+,34+/m0/s1. The zero-order valence-electron chi connectivity index (χ0n) is 35.1. The molecular weight excluding hydrogens is 688 g/mol. The Bertz CT molecular complexity index is 1150. The van der Waals surface area contributed by atoms with E-state index in [1.54, 1.807) is 27.9 Å². The number of nitrogens with one attached hydrogen (secondary N) is 6. The highest BCUT2D eigenvalue weighted by Gasteiger charge is 2.41. The van der Waals surface area contributed by atoms with Gasteiger partial charge in [0.05, 0.1) is 12.1 Å². The number of hydrogen-bond acceptors (Lipinski definition) is 8. The molecule has 2 saturated heterocycles. The van der Waals surface area contributed by atoms with Crippen molar-refractivity contribution in [3.63, 3.8) is 0 Å². The van der Waals surface area contributed by atoms with Gasteiger partial charge in [0.15, 0.2) is 0 Å². The number of rotatable bonds is 21. The summed E-state index contributed by atoms with van der Waals surface area (Å²) in [7, 11) is 3.42. The molecule has 0 aromatic rings. The number of carbonyl (C=O) groups is 6. The van der Waals surface area contributed by atoms with Crippen LogP contribution in [0.25, 0.3) is 0 Å². The van der Waals surface area contributed by atoms with Gasteiger partial charge < -0.3 is 41.7 Å². The van der Waals surface area contributed by atoms with Gasteiger partial charge in [-0.15, -0.1) is 0 Å². The first kappa shape index (κ1) is 46.9. The van der Waals surface area contributed by atoms with Crippen LogP contribution in [0.2, 0.25) is 0 Å². The summed E-state index contributed by atoms with van der Waals surface area (Å²) in [6, 6.07) is -2.32. The van der Waals surface area contributed by atoms with Crippen LogP contribution in [0.3, 0.4) is 0 Å². The molecule has 14 nitrogen and oxygen atoms in total. The third kappa shape index (κ3) is 15.1. The van der Waals surface area contributed by atoms with Crippen LogP contribution in [0.15, 0.2) is 0 Å². The Morgan fingerprint density at radius 2 is 0.907 bits per heavy atom. The molecule has 0 aromatic carbocycles. The molecule has 0 aliphatic carbocycles. The summed E-state index contributed by atoms with van der Waals surface area (Å²) >= 11 is 0. The largest absolute Gasteiger partial charge is 0.354 e. The van der Waals surface area contributed by atoms with Crippen molar-refractivity contribution in [2.45, 2.75) is 169 Å². The maximum Gasteiger partial charge on any atom is 0.246 e. The summed E-state index contributed by atoms with van der Waals surface area (Å²) in [6.07, 6.45) is 9.64. The SMILES string of the molecule is CN[C@@H](C)C(=O)N[C@H](C(=O)N1CCC[C@H]1CNC(=O)CCCCCCCCC(=O)NC[C@@H]1CCCN1C(=O)[C@@H](NC(=O)[C@H](C)NC)C(C)(C)C)C(C)(C)C. The fourth-order valence-electron chi connectivity index (χ4n) is 7.02. The minimum atomic E-state index is -0.659. The molecule has 2 aliphatic heterocycles. The highest BCUT2D eigenvalue weighted by atomic mass is 16.2. The second-order valence-electron chi connectivity index (χ2n) is 17.5. The van der Waals surface area contributed by atoms with Crippen molar-refractivity contribution in [1.29, 1.82) is 0 Å². The fraction of sp³-hybridized carbons (Fsp3) is 0.850. The van der Waals surface area contributed by atoms with Crippen LogP contribution >= 0.6 is 0 Å². The molecule has 2 rings (SSSR count). The van der Waals surface area contributed by atoms with Crippen LogP contribution < -0.4 is 31.9 Å². The lowest BCUT2D eigenvalue weighted by molar-refractivity contribution is -0.140. The predicted octanol–water partition coefficient (Wildman–Crippen LogP) is 2.60. The van der Waals surface area contributed by atoms with Gasteiger partial charge in [0, 0.05) is 51.1 Å². The van der Waals surface area contributed by atoms with Gasteiger partial charge in [0.2, 0.25) is 35.4 Å². The molecule has 14 heteroatoms. The lowest BCUT2D eigenvalue weighted by Crippen LogP contribution is -2.59. The number of likely N-dealkylation sites (tertiary alicyclic amines) is 2. The first-order valence-electron chi connectivity index (χ1n) is 20.4. The highest BCUT2D eigenvalue weighted by Crippen LogP contribution is 2.27. The summed E-state index contributed by atoms with van der Waals surface area (Å²) in [6.45, 7) is 17.2. The molecule has 0 aromatic heterocycles. The molecule has 2 fully saturated rings. The Kier molecular flexibility index (Phi) is 19.4. The number of unbranched alkanes of at least 4 members (excludes halogenated alkanes) is 5. The number of nitrogens with zero attached hydrogens (tertiary/aromatic N) is 2. The van der Waals surface area contributed by atoms with Crippen LogP contribution in [0.4, 0.5) is 0 Å². The molecule has 0 spiro atoms. The van der Waals surface area contributed by atoms with E-state index in [2.05, 4.69) is 31.9 Å². The van der Waals surface area contributed by atoms with Crippen molar-refractivity contribution in [2.75, 3.05) is 40.3 Å². The van der Waals surface area contributed by atoms with E-state index in [4.69, 9.17) is 0 Å². The molecule has 310 valence electrons. The van der Waals surface area contributed by atoms with E-state index in [0.717, 1.165) is 64.2 Å². The Labute approximate surface area is 325 Å². The normalized spacial score (nSPS) is 19.8. The highest BCUT2D eigenvalue weighted by molar-refractivity contribution is 5.91. The van der Waals surface area contributed by atoms with Crippen LogP contribution in [-0.4, -0.2) is 122 Å². The van der Waals surface area contributed by atoms with Crippen LogP contribution in [-0.2, 0) is 28.8 Å². The summed E-state index contributed by atoms with van der Waals surface area (Å²) in [5.74, 6) is -0.666. The van der Waals surface area contributed by atoms with Gasteiger partial charge >= 0.3 is 0 Å². The summed E-state index contributed by atoms with van der Waals surface area (Å²) in [5, 5.41) is 17.8. The van der Waals surface area contributed by atoms with E-state index < -0.39 is 35.0 Å². The second-order valence-corrected chi connectivity index (χ2v) is 17.5. The molecule has 0 saturated carbocycles. The maximum atomic E-state index is 13.6. The third-order valence-corrected chi connectivity index (χ3v) is 10.9. The molecule has 6 atom stereocenters. The van der Waals surface area contributed by atoms with Gasteiger partial charge in [-0.25, -0.2) is 0 Å². The topological polar surface area (TPSA) is 181 Å². The van der Waals surface area contributed by atoms with Crippen LogP contribution in [0.5, 0.6) is 0 Å². The Balaban J connectivity index is 1.65. The van der Waals surface area contributed by atoms with E-state index in [0.29, 0.717) is 39.0 Å². The molecule has 2 aliphatic rings. The molecule has 0 unspecified atom stereocenters. The minimum Gasteiger partial charge on any atom is -0.354 e. The van der Waals surface area contributed by atoms with Gasteiger partial charge in [0.1, 0.15) is 12.1 Å². The lowest BCUT2D eigenvalue weighted by Gasteiger charge is -2.36. The second kappa shape index (κ2) is 22.3. The first-order chi connectivity index (χ1) is 25.3. The van der Waals surface area contributed by atoms with Crippen molar-refractivity contribution >= 4 is 35.4 Å². The summed E-state index contributed by atoms with van der Waals surface area (Å²) in [4.78, 5) is 81.3.